The molecule has 1 aromatic carbocycles. The van der Waals surface area contributed by atoms with Crippen molar-refractivity contribution in [1.29, 1.82) is 0 Å². The van der Waals surface area contributed by atoms with E-state index in [1.807, 2.05) is 36.4 Å². The maximum absolute atomic E-state index is 12.9. The summed E-state index contributed by atoms with van der Waals surface area (Å²) in [6.07, 6.45) is 5.78. The fourth-order valence-electron chi connectivity index (χ4n) is 2.38. The highest BCUT2D eigenvalue weighted by Crippen LogP contribution is 2.20. The molecule has 0 spiro atoms. The number of hydrogen-bond donors (Lipinski definition) is 0. The van der Waals surface area contributed by atoms with Gasteiger partial charge in [-0.15, -0.1) is 0 Å². The normalized spacial score (nSPS) is 11.0. The van der Waals surface area contributed by atoms with Crippen molar-refractivity contribution in [3.05, 3.63) is 64.7 Å². The molecule has 0 amide bonds. The van der Waals surface area contributed by atoms with Gasteiger partial charge in [0.1, 0.15) is 0 Å². The number of thioether (sulfide) groups is 1. The first kappa shape index (κ1) is 15.7. The zero-order valence-corrected chi connectivity index (χ0v) is 13.9. The van der Waals surface area contributed by atoms with Crippen molar-refractivity contribution in [3.63, 3.8) is 0 Å². The molecule has 0 saturated heterocycles. The van der Waals surface area contributed by atoms with Crippen molar-refractivity contribution >= 4 is 22.7 Å². The number of benzene rings is 1. The summed E-state index contributed by atoms with van der Waals surface area (Å²) in [4.78, 5) is 21.7. The van der Waals surface area contributed by atoms with E-state index in [2.05, 4.69) is 11.9 Å². The summed E-state index contributed by atoms with van der Waals surface area (Å²) >= 11 is 1.65. The minimum Gasteiger partial charge on any atom is -0.283 e. The largest absolute Gasteiger partial charge is 0.283 e. The van der Waals surface area contributed by atoms with Gasteiger partial charge < -0.3 is 0 Å². The Balaban J connectivity index is 2.06. The molecule has 3 rings (SSSR count). The van der Waals surface area contributed by atoms with Crippen molar-refractivity contribution in [2.45, 2.75) is 31.5 Å². The Morgan fingerprint density at radius 1 is 1.17 bits per heavy atom. The SMILES string of the molecule is CCCCSc1nc2ccccc2c(=O)n1Cc1cccnc1. The molecule has 0 aliphatic rings. The van der Waals surface area contributed by atoms with E-state index < -0.39 is 0 Å². The number of hydrogen-bond acceptors (Lipinski definition) is 4. The van der Waals surface area contributed by atoms with Crippen molar-refractivity contribution < 1.29 is 0 Å². The molecule has 23 heavy (non-hydrogen) atoms. The van der Waals surface area contributed by atoms with E-state index >= 15 is 0 Å². The van der Waals surface area contributed by atoms with Crippen LogP contribution in [0.3, 0.4) is 0 Å². The minimum absolute atomic E-state index is 0.0125. The topological polar surface area (TPSA) is 47.8 Å². The number of rotatable bonds is 6. The molecule has 2 aromatic heterocycles. The Hall–Kier alpha value is -2.14. The van der Waals surface area contributed by atoms with Crippen LogP contribution in [-0.2, 0) is 6.54 Å². The quantitative estimate of drug-likeness (QED) is 0.393. The molecular weight excluding hydrogens is 306 g/mol. The first-order valence-corrected chi connectivity index (χ1v) is 8.79. The molecule has 0 atom stereocenters. The highest BCUT2D eigenvalue weighted by atomic mass is 32.2. The third-order valence-electron chi connectivity index (χ3n) is 3.62. The molecule has 0 radical (unpaired) electrons. The molecule has 118 valence electrons. The van der Waals surface area contributed by atoms with Crippen LogP contribution < -0.4 is 5.56 Å². The summed E-state index contributed by atoms with van der Waals surface area (Å²) in [5.41, 5.74) is 1.78. The minimum atomic E-state index is 0.0125. The summed E-state index contributed by atoms with van der Waals surface area (Å²) in [6, 6.07) is 11.4. The smallest absolute Gasteiger partial charge is 0.262 e. The Kier molecular flexibility index (Phi) is 5.08. The highest BCUT2D eigenvalue weighted by molar-refractivity contribution is 7.99. The first-order valence-electron chi connectivity index (χ1n) is 7.81. The molecule has 0 bridgehead atoms. The third-order valence-corrected chi connectivity index (χ3v) is 4.68. The van der Waals surface area contributed by atoms with Crippen molar-refractivity contribution in [3.8, 4) is 0 Å². The highest BCUT2D eigenvalue weighted by Gasteiger charge is 2.11. The summed E-state index contributed by atoms with van der Waals surface area (Å²) in [5.74, 6) is 0.967. The molecular formula is C18H19N3OS. The third kappa shape index (κ3) is 3.62. The monoisotopic (exact) mass is 325 g/mol. The lowest BCUT2D eigenvalue weighted by atomic mass is 10.2. The van der Waals surface area contributed by atoms with E-state index in [0.29, 0.717) is 11.9 Å². The Labute approximate surface area is 139 Å². The van der Waals surface area contributed by atoms with E-state index in [1.165, 1.54) is 0 Å². The van der Waals surface area contributed by atoms with Gasteiger partial charge in [-0.1, -0.05) is 43.3 Å². The Bertz CT molecular complexity index is 846. The molecule has 0 saturated carbocycles. The van der Waals surface area contributed by atoms with Gasteiger partial charge in [0.2, 0.25) is 0 Å². The van der Waals surface area contributed by atoms with E-state index in [1.54, 1.807) is 28.7 Å². The van der Waals surface area contributed by atoms with Crippen LogP contribution >= 0.6 is 11.8 Å². The maximum atomic E-state index is 12.9. The molecule has 4 nitrogen and oxygen atoms in total. The molecule has 2 heterocycles. The summed E-state index contributed by atoms with van der Waals surface area (Å²) in [5, 5.41) is 1.45. The van der Waals surface area contributed by atoms with Crippen LogP contribution in [-0.4, -0.2) is 20.3 Å². The van der Waals surface area contributed by atoms with Crippen LogP contribution in [0.5, 0.6) is 0 Å². The second-order valence-electron chi connectivity index (χ2n) is 5.37. The summed E-state index contributed by atoms with van der Waals surface area (Å²) in [6.45, 7) is 2.66. The number of aromatic nitrogens is 3. The van der Waals surface area contributed by atoms with Gasteiger partial charge in [0.15, 0.2) is 5.16 Å². The van der Waals surface area contributed by atoms with Gasteiger partial charge in [0, 0.05) is 18.1 Å². The summed E-state index contributed by atoms with van der Waals surface area (Å²) in [7, 11) is 0. The van der Waals surface area contributed by atoms with Crippen molar-refractivity contribution in [2.24, 2.45) is 0 Å². The molecule has 0 unspecified atom stereocenters. The lowest BCUT2D eigenvalue weighted by molar-refractivity contribution is 0.656. The van der Waals surface area contributed by atoms with Crippen LogP contribution in [0.2, 0.25) is 0 Å². The fourth-order valence-corrected chi connectivity index (χ4v) is 3.46. The van der Waals surface area contributed by atoms with Crippen LogP contribution in [0, 0.1) is 0 Å². The van der Waals surface area contributed by atoms with E-state index in [0.717, 1.165) is 34.8 Å². The van der Waals surface area contributed by atoms with Crippen LogP contribution in [0.1, 0.15) is 25.3 Å². The van der Waals surface area contributed by atoms with Gasteiger partial charge in [-0.2, -0.15) is 0 Å². The molecule has 3 aromatic rings. The van der Waals surface area contributed by atoms with Crippen molar-refractivity contribution in [1.82, 2.24) is 14.5 Å². The Morgan fingerprint density at radius 2 is 2.04 bits per heavy atom. The Morgan fingerprint density at radius 3 is 2.83 bits per heavy atom. The van der Waals surface area contributed by atoms with Gasteiger partial charge in [-0.3, -0.25) is 14.3 Å². The number of pyridine rings is 1. The van der Waals surface area contributed by atoms with E-state index in [9.17, 15) is 4.79 Å². The first-order chi connectivity index (χ1) is 11.3. The number of para-hydroxylation sites is 1. The van der Waals surface area contributed by atoms with E-state index in [-0.39, 0.29) is 5.56 Å². The van der Waals surface area contributed by atoms with E-state index in [4.69, 9.17) is 4.98 Å². The lowest BCUT2D eigenvalue weighted by Gasteiger charge is -2.13. The standard InChI is InChI=1S/C18H19N3OS/c1-2-3-11-23-18-20-16-9-5-4-8-15(16)17(22)21(18)13-14-7-6-10-19-12-14/h4-10,12H,2-3,11,13H2,1H3. The maximum Gasteiger partial charge on any atom is 0.262 e. The fraction of sp³-hybridized carbons (Fsp3) is 0.278. The molecule has 0 aliphatic carbocycles. The second kappa shape index (κ2) is 7.42. The molecule has 0 fully saturated rings. The lowest BCUT2D eigenvalue weighted by Crippen LogP contribution is -2.24. The number of unbranched alkanes of at least 4 members (excludes halogenated alkanes) is 1. The van der Waals surface area contributed by atoms with Gasteiger partial charge in [-0.05, 0) is 30.2 Å². The average Bonchev–Trinajstić information content (AvgIpc) is 2.59. The average molecular weight is 325 g/mol. The summed E-state index contributed by atoms with van der Waals surface area (Å²) < 4.78 is 1.76. The predicted octanol–water partition coefficient (Wildman–Crippen LogP) is 3.73. The van der Waals surface area contributed by atoms with Crippen LogP contribution in [0.25, 0.3) is 10.9 Å². The predicted molar refractivity (Wildman–Crippen MR) is 95.0 cm³/mol. The van der Waals surface area contributed by atoms with Gasteiger partial charge in [-0.25, -0.2) is 4.98 Å². The second-order valence-corrected chi connectivity index (χ2v) is 6.43. The van der Waals surface area contributed by atoms with Crippen molar-refractivity contribution in [2.75, 3.05) is 5.75 Å². The number of nitrogens with zero attached hydrogens (tertiary/aromatic N) is 3. The van der Waals surface area contributed by atoms with Crippen LogP contribution in [0.4, 0.5) is 0 Å². The molecule has 5 heteroatoms. The molecule has 0 aliphatic heterocycles. The zero-order valence-electron chi connectivity index (χ0n) is 13.1. The van der Waals surface area contributed by atoms with Gasteiger partial charge in [0.05, 0.1) is 17.4 Å². The molecule has 0 N–H and O–H groups in total. The van der Waals surface area contributed by atoms with Gasteiger partial charge in [0.25, 0.3) is 5.56 Å². The zero-order chi connectivity index (χ0) is 16.1. The van der Waals surface area contributed by atoms with Gasteiger partial charge >= 0.3 is 0 Å². The number of fused-ring (bicyclic) bond motifs is 1. The van der Waals surface area contributed by atoms with Crippen LogP contribution in [0.15, 0.2) is 58.7 Å².